The number of hydrogen-bond acceptors (Lipinski definition) is 3. The highest BCUT2D eigenvalue weighted by Gasteiger charge is 2.37. The van der Waals surface area contributed by atoms with Gasteiger partial charge < -0.3 is 9.84 Å². The second kappa shape index (κ2) is 6.74. The molecule has 4 nitrogen and oxygen atoms in total. The molecule has 0 spiro atoms. The Kier molecular flexibility index (Phi) is 4.99. The van der Waals surface area contributed by atoms with Crippen LogP contribution in [0.5, 0.6) is 0 Å². The van der Waals surface area contributed by atoms with Gasteiger partial charge in [0.25, 0.3) is 0 Å². The summed E-state index contributed by atoms with van der Waals surface area (Å²) in [6.07, 6.45) is 6.85. The molecule has 1 aromatic rings. The van der Waals surface area contributed by atoms with Gasteiger partial charge in [0.15, 0.2) is 0 Å². The average Bonchev–Trinajstić information content (AvgIpc) is 2.94. The van der Waals surface area contributed by atoms with E-state index in [0.717, 1.165) is 44.9 Å². The fourth-order valence-corrected chi connectivity index (χ4v) is 3.02. The lowest BCUT2D eigenvalue weighted by Crippen LogP contribution is -2.32. The molecule has 0 heterocycles. The molecule has 0 aliphatic heterocycles. The molecule has 2 rings (SSSR count). The van der Waals surface area contributed by atoms with Crippen molar-refractivity contribution in [2.24, 2.45) is 0 Å². The number of unbranched alkanes of at least 4 members (excludes halogenated alkanes) is 1. The highest BCUT2D eigenvalue weighted by molar-refractivity contribution is 6.02. The zero-order chi connectivity index (χ0) is 15.3. The van der Waals surface area contributed by atoms with Crippen molar-refractivity contribution in [1.29, 1.82) is 0 Å². The minimum absolute atomic E-state index is 0.00568. The minimum Gasteiger partial charge on any atom is -0.478 e. The Morgan fingerprint density at radius 3 is 2.38 bits per heavy atom. The molecule has 0 aromatic heterocycles. The molecule has 0 radical (unpaired) electrons. The van der Waals surface area contributed by atoms with Gasteiger partial charge in [-0.1, -0.05) is 25.5 Å². The van der Waals surface area contributed by atoms with Crippen LogP contribution in [0.4, 0.5) is 0 Å². The first kappa shape index (κ1) is 15.5. The van der Waals surface area contributed by atoms with Crippen molar-refractivity contribution in [3.05, 3.63) is 35.4 Å². The fourth-order valence-electron chi connectivity index (χ4n) is 3.02. The van der Waals surface area contributed by atoms with Gasteiger partial charge in [0.05, 0.1) is 11.1 Å². The number of esters is 1. The summed E-state index contributed by atoms with van der Waals surface area (Å²) in [5, 5.41) is 9.17. The highest BCUT2D eigenvalue weighted by atomic mass is 16.6. The lowest BCUT2D eigenvalue weighted by molar-refractivity contribution is -0.0207. The van der Waals surface area contributed by atoms with Crippen molar-refractivity contribution < 1.29 is 19.4 Å². The van der Waals surface area contributed by atoms with Crippen LogP contribution in [0, 0.1) is 0 Å². The fraction of sp³-hybridized carbons (Fsp3) is 0.529. The standard InChI is InChI=1S/C17H22O4/c1-2-3-10-17(11-6-7-12-17)21-16(20)14-9-5-4-8-13(14)15(18)19/h4-5,8-9H,2-3,6-7,10-12H2,1H3,(H,18,19). The number of carboxylic acids is 1. The second-order valence-electron chi connectivity index (χ2n) is 5.73. The molecule has 0 atom stereocenters. The van der Waals surface area contributed by atoms with Gasteiger partial charge >= 0.3 is 11.9 Å². The van der Waals surface area contributed by atoms with E-state index in [-0.39, 0.29) is 11.1 Å². The third kappa shape index (κ3) is 3.63. The monoisotopic (exact) mass is 290 g/mol. The van der Waals surface area contributed by atoms with Crippen LogP contribution in [-0.2, 0) is 4.74 Å². The summed E-state index contributed by atoms with van der Waals surface area (Å²) >= 11 is 0. The number of carbonyl (C=O) groups excluding carboxylic acids is 1. The number of hydrogen-bond donors (Lipinski definition) is 1. The van der Waals surface area contributed by atoms with Crippen LogP contribution in [-0.4, -0.2) is 22.6 Å². The van der Waals surface area contributed by atoms with E-state index < -0.39 is 17.5 Å². The van der Waals surface area contributed by atoms with E-state index in [0.29, 0.717) is 0 Å². The SMILES string of the molecule is CCCCC1(OC(=O)c2ccccc2C(=O)O)CCCC1. The van der Waals surface area contributed by atoms with Crippen molar-refractivity contribution in [3.63, 3.8) is 0 Å². The summed E-state index contributed by atoms with van der Waals surface area (Å²) in [6, 6.07) is 6.24. The van der Waals surface area contributed by atoms with Crippen molar-refractivity contribution in [1.82, 2.24) is 0 Å². The quantitative estimate of drug-likeness (QED) is 0.803. The Morgan fingerprint density at radius 2 is 1.81 bits per heavy atom. The average molecular weight is 290 g/mol. The molecule has 1 saturated carbocycles. The molecular weight excluding hydrogens is 268 g/mol. The van der Waals surface area contributed by atoms with Crippen molar-refractivity contribution in [2.75, 3.05) is 0 Å². The van der Waals surface area contributed by atoms with E-state index in [9.17, 15) is 14.7 Å². The first-order chi connectivity index (χ1) is 10.1. The van der Waals surface area contributed by atoms with Crippen LogP contribution in [0.25, 0.3) is 0 Å². The Morgan fingerprint density at radius 1 is 1.19 bits per heavy atom. The van der Waals surface area contributed by atoms with Crippen LogP contribution in [0.2, 0.25) is 0 Å². The molecule has 0 saturated heterocycles. The lowest BCUT2D eigenvalue weighted by atomic mass is 9.94. The molecule has 0 amide bonds. The van der Waals surface area contributed by atoms with Crippen LogP contribution in [0.3, 0.4) is 0 Å². The third-order valence-corrected chi connectivity index (χ3v) is 4.19. The maximum Gasteiger partial charge on any atom is 0.339 e. The molecule has 21 heavy (non-hydrogen) atoms. The van der Waals surface area contributed by atoms with Gasteiger partial charge in [-0.05, 0) is 50.7 Å². The van der Waals surface area contributed by atoms with Crippen LogP contribution >= 0.6 is 0 Å². The summed E-state index contributed by atoms with van der Waals surface area (Å²) in [5.74, 6) is -1.61. The number of benzene rings is 1. The lowest BCUT2D eigenvalue weighted by Gasteiger charge is -2.29. The van der Waals surface area contributed by atoms with Crippen molar-refractivity contribution >= 4 is 11.9 Å². The summed E-state index contributed by atoms with van der Waals surface area (Å²) in [4.78, 5) is 23.6. The number of rotatable bonds is 6. The number of carbonyl (C=O) groups is 2. The maximum absolute atomic E-state index is 12.4. The van der Waals surface area contributed by atoms with E-state index in [4.69, 9.17) is 4.74 Å². The molecule has 1 aliphatic rings. The Labute approximate surface area is 125 Å². The molecule has 0 unspecified atom stereocenters. The zero-order valence-corrected chi connectivity index (χ0v) is 12.4. The predicted molar refractivity (Wildman–Crippen MR) is 79.5 cm³/mol. The van der Waals surface area contributed by atoms with E-state index in [1.807, 2.05) is 0 Å². The summed E-state index contributed by atoms with van der Waals surface area (Å²) in [7, 11) is 0. The molecule has 1 N–H and O–H groups in total. The predicted octanol–water partition coefficient (Wildman–Crippen LogP) is 4.04. The smallest absolute Gasteiger partial charge is 0.339 e. The van der Waals surface area contributed by atoms with Crippen molar-refractivity contribution in [2.45, 2.75) is 57.5 Å². The van der Waals surface area contributed by atoms with Gasteiger partial charge in [0, 0.05) is 0 Å². The second-order valence-corrected chi connectivity index (χ2v) is 5.73. The zero-order valence-electron chi connectivity index (χ0n) is 12.4. The van der Waals surface area contributed by atoms with Gasteiger partial charge in [-0.2, -0.15) is 0 Å². The topological polar surface area (TPSA) is 63.6 Å². The normalized spacial score (nSPS) is 16.6. The molecule has 0 bridgehead atoms. The maximum atomic E-state index is 12.4. The van der Waals surface area contributed by atoms with E-state index in [2.05, 4.69) is 6.92 Å². The summed E-state index contributed by atoms with van der Waals surface area (Å²) in [6.45, 7) is 2.12. The van der Waals surface area contributed by atoms with Gasteiger partial charge in [0.1, 0.15) is 5.60 Å². The molecule has 1 aromatic carbocycles. The molecule has 114 valence electrons. The number of aromatic carboxylic acids is 1. The van der Waals surface area contributed by atoms with Gasteiger partial charge in [-0.15, -0.1) is 0 Å². The Bertz CT molecular complexity index is 515. The van der Waals surface area contributed by atoms with Gasteiger partial charge in [-0.3, -0.25) is 0 Å². The number of ether oxygens (including phenoxy) is 1. The van der Waals surface area contributed by atoms with E-state index in [1.165, 1.54) is 12.1 Å². The first-order valence-electron chi connectivity index (χ1n) is 7.64. The molecule has 1 aliphatic carbocycles. The van der Waals surface area contributed by atoms with E-state index >= 15 is 0 Å². The minimum atomic E-state index is -1.10. The van der Waals surface area contributed by atoms with Gasteiger partial charge in [0.2, 0.25) is 0 Å². The summed E-state index contributed by atoms with van der Waals surface area (Å²) in [5.41, 5.74) is -0.238. The van der Waals surface area contributed by atoms with Crippen LogP contribution in [0.1, 0.15) is 72.6 Å². The van der Waals surface area contributed by atoms with Crippen LogP contribution < -0.4 is 0 Å². The number of carboxylic acid groups (broad SMARTS) is 1. The van der Waals surface area contributed by atoms with Gasteiger partial charge in [-0.25, -0.2) is 9.59 Å². The van der Waals surface area contributed by atoms with Crippen molar-refractivity contribution in [3.8, 4) is 0 Å². The highest BCUT2D eigenvalue weighted by Crippen LogP contribution is 2.38. The third-order valence-electron chi connectivity index (χ3n) is 4.19. The van der Waals surface area contributed by atoms with Crippen LogP contribution in [0.15, 0.2) is 24.3 Å². The Balaban J connectivity index is 2.18. The van der Waals surface area contributed by atoms with E-state index in [1.54, 1.807) is 12.1 Å². The molecule has 4 heteroatoms. The largest absolute Gasteiger partial charge is 0.478 e. The first-order valence-corrected chi connectivity index (χ1v) is 7.64. The summed E-state index contributed by atoms with van der Waals surface area (Å²) < 4.78 is 5.78. The molecule has 1 fully saturated rings. The Hall–Kier alpha value is -1.84. The molecular formula is C17H22O4.